The second-order valence-corrected chi connectivity index (χ2v) is 4.86. The third-order valence-corrected chi connectivity index (χ3v) is 3.32. The molecule has 1 saturated heterocycles. The topological polar surface area (TPSA) is 50.4 Å². The average Bonchev–Trinajstić information content (AvgIpc) is 2.34. The van der Waals surface area contributed by atoms with Crippen molar-refractivity contribution in [2.24, 2.45) is 0 Å². The Bertz CT molecular complexity index is 422. The molecule has 1 aromatic rings. The first-order chi connectivity index (χ1) is 8.16. The number of morpholine rings is 1. The van der Waals surface area contributed by atoms with E-state index in [1.54, 1.807) is 6.07 Å². The highest BCUT2D eigenvalue weighted by atomic mass is 127. The van der Waals surface area contributed by atoms with E-state index in [0.717, 1.165) is 0 Å². The van der Waals surface area contributed by atoms with E-state index in [0.29, 0.717) is 29.0 Å². The average molecular weight is 350 g/mol. The molecule has 1 aliphatic rings. The third-order valence-electron chi connectivity index (χ3n) is 2.43. The summed E-state index contributed by atoms with van der Waals surface area (Å²) in [5, 5.41) is 5.81. The molecule has 0 spiro atoms. The van der Waals surface area contributed by atoms with Crippen LogP contribution in [0.1, 0.15) is 0 Å². The Morgan fingerprint density at radius 2 is 2.41 bits per heavy atom. The maximum atomic E-state index is 12.9. The largest absolute Gasteiger partial charge is 0.378 e. The minimum atomic E-state index is -0.343. The van der Waals surface area contributed by atoms with Crippen LogP contribution in [-0.4, -0.2) is 31.7 Å². The van der Waals surface area contributed by atoms with Gasteiger partial charge in [-0.25, -0.2) is 4.39 Å². The molecular weight excluding hydrogens is 338 g/mol. The van der Waals surface area contributed by atoms with Crippen molar-refractivity contribution in [2.75, 3.05) is 25.1 Å². The molecule has 0 aromatic heterocycles. The first-order valence-corrected chi connectivity index (χ1v) is 6.32. The van der Waals surface area contributed by atoms with Crippen LogP contribution in [0, 0.1) is 9.39 Å². The Kier molecular flexibility index (Phi) is 4.30. The standard InChI is InChI=1S/C11H12FIN2O2/c12-7-1-2-9(8(13)5-7)15-11(16)10-6-17-4-3-14-10/h1-2,5,10,14H,3-4,6H2,(H,15,16). The maximum Gasteiger partial charge on any atom is 0.243 e. The van der Waals surface area contributed by atoms with Crippen molar-refractivity contribution in [2.45, 2.75) is 6.04 Å². The summed E-state index contributed by atoms with van der Waals surface area (Å²) in [4.78, 5) is 11.9. The summed E-state index contributed by atoms with van der Waals surface area (Å²) in [5.41, 5.74) is 0.615. The third kappa shape index (κ3) is 3.36. The number of ether oxygens (including phenoxy) is 1. The molecule has 0 radical (unpaired) electrons. The SMILES string of the molecule is O=C(Nc1ccc(F)cc1I)C1COCCN1. The lowest BCUT2D eigenvalue weighted by Gasteiger charge is -2.23. The van der Waals surface area contributed by atoms with Gasteiger partial charge in [-0.15, -0.1) is 0 Å². The zero-order chi connectivity index (χ0) is 12.3. The van der Waals surface area contributed by atoms with Crippen molar-refractivity contribution in [1.82, 2.24) is 5.32 Å². The zero-order valence-electron chi connectivity index (χ0n) is 9.00. The highest BCUT2D eigenvalue weighted by Gasteiger charge is 2.21. The number of benzene rings is 1. The molecule has 17 heavy (non-hydrogen) atoms. The molecular formula is C11H12FIN2O2. The van der Waals surface area contributed by atoms with Gasteiger partial charge in [-0.3, -0.25) is 4.79 Å². The predicted octanol–water partition coefficient (Wildman–Crippen LogP) is 1.36. The van der Waals surface area contributed by atoms with Gasteiger partial charge in [0.15, 0.2) is 0 Å². The van der Waals surface area contributed by atoms with Crippen LogP contribution < -0.4 is 10.6 Å². The highest BCUT2D eigenvalue weighted by Crippen LogP contribution is 2.19. The molecule has 1 amide bonds. The van der Waals surface area contributed by atoms with Crippen molar-refractivity contribution in [3.05, 3.63) is 27.6 Å². The normalized spacial score (nSPS) is 20.0. The fourth-order valence-corrected chi connectivity index (χ4v) is 2.16. The molecule has 1 heterocycles. The van der Waals surface area contributed by atoms with Crippen molar-refractivity contribution in [3.8, 4) is 0 Å². The molecule has 2 N–H and O–H groups in total. The van der Waals surface area contributed by atoms with Gasteiger partial charge >= 0.3 is 0 Å². The molecule has 0 saturated carbocycles. The fourth-order valence-electron chi connectivity index (χ4n) is 1.54. The molecule has 1 fully saturated rings. The number of anilines is 1. The predicted molar refractivity (Wildman–Crippen MR) is 70.4 cm³/mol. The minimum Gasteiger partial charge on any atom is -0.378 e. The zero-order valence-corrected chi connectivity index (χ0v) is 11.2. The van der Waals surface area contributed by atoms with Crippen molar-refractivity contribution >= 4 is 34.2 Å². The quantitative estimate of drug-likeness (QED) is 0.792. The second-order valence-electron chi connectivity index (χ2n) is 3.70. The summed E-state index contributed by atoms with van der Waals surface area (Å²) >= 11 is 1.98. The molecule has 4 nitrogen and oxygen atoms in total. The van der Waals surface area contributed by atoms with Crippen molar-refractivity contribution < 1.29 is 13.9 Å². The van der Waals surface area contributed by atoms with E-state index in [1.165, 1.54) is 12.1 Å². The first-order valence-electron chi connectivity index (χ1n) is 5.24. The van der Waals surface area contributed by atoms with Gasteiger partial charge in [-0.1, -0.05) is 0 Å². The summed E-state index contributed by atoms with van der Waals surface area (Å²) in [7, 11) is 0. The molecule has 2 rings (SSSR count). The van der Waals surface area contributed by atoms with Crippen LogP contribution in [0.15, 0.2) is 18.2 Å². The summed E-state index contributed by atoms with van der Waals surface area (Å²) in [6.45, 7) is 1.65. The van der Waals surface area contributed by atoms with Crippen LogP contribution in [0.3, 0.4) is 0 Å². The monoisotopic (exact) mass is 350 g/mol. The lowest BCUT2D eigenvalue weighted by molar-refractivity contribution is -0.120. The number of hydrogen-bond acceptors (Lipinski definition) is 3. The number of halogens is 2. The van der Waals surface area contributed by atoms with Gasteiger partial charge in [0.2, 0.25) is 5.91 Å². The van der Waals surface area contributed by atoms with Gasteiger partial charge in [-0.05, 0) is 40.8 Å². The Morgan fingerprint density at radius 1 is 1.59 bits per heavy atom. The van der Waals surface area contributed by atoms with E-state index in [-0.39, 0.29) is 17.8 Å². The van der Waals surface area contributed by atoms with Crippen molar-refractivity contribution in [3.63, 3.8) is 0 Å². The van der Waals surface area contributed by atoms with Crippen molar-refractivity contribution in [1.29, 1.82) is 0 Å². The van der Waals surface area contributed by atoms with Gasteiger partial charge in [0.1, 0.15) is 11.9 Å². The van der Waals surface area contributed by atoms with Crippen LogP contribution in [0.5, 0.6) is 0 Å². The number of carbonyl (C=O) groups is 1. The molecule has 6 heteroatoms. The molecule has 1 aromatic carbocycles. The molecule has 0 bridgehead atoms. The molecule has 0 aliphatic carbocycles. The maximum absolute atomic E-state index is 12.9. The van der Waals surface area contributed by atoms with Crippen LogP contribution in [-0.2, 0) is 9.53 Å². The second kappa shape index (κ2) is 5.74. The number of nitrogens with one attached hydrogen (secondary N) is 2. The van der Waals surface area contributed by atoms with E-state index < -0.39 is 0 Å². The molecule has 1 atom stereocenters. The first kappa shape index (κ1) is 12.7. The van der Waals surface area contributed by atoms with Gasteiger partial charge in [0, 0.05) is 10.1 Å². The lowest BCUT2D eigenvalue weighted by atomic mass is 10.2. The minimum absolute atomic E-state index is 0.158. The van der Waals surface area contributed by atoms with Crippen LogP contribution in [0.25, 0.3) is 0 Å². The van der Waals surface area contributed by atoms with Gasteiger partial charge < -0.3 is 15.4 Å². The van der Waals surface area contributed by atoms with Gasteiger partial charge in [-0.2, -0.15) is 0 Å². The van der Waals surface area contributed by atoms with Gasteiger partial charge in [0.25, 0.3) is 0 Å². The Hall–Kier alpha value is -0.730. The lowest BCUT2D eigenvalue weighted by Crippen LogP contribution is -2.48. The summed E-state index contributed by atoms with van der Waals surface area (Å²) < 4.78 is 18.8. The molecule has 92 valence electrons. The van der Waals surface area contributed by atoms with E-state index >= 15 is 0 Å². The van der Waals surface area contributed by atoms with Gasteiger partial charge in [0.05, 0.1) is 18.9 Å². The van der Waals surface area contributed by atoms with E-state index in [9.17, 15) is 9.18 Å². The summed E-state index contributed by atoms with van der Waals surface area (Å²) in [6, 6.07) is 3.91. The number of amides is 1. The smallest absolute Gasteiger partial charge is 0.243 e. The van der Waals surface area contributed by atoms with E-state index in [2.05, 4.69) is 10.6 Å². The Morgan fingerprint density at radius 3 is 3.06 bits per heavy atom. The van der Waals surface area contributed by atoms with Crippen LogP contribution in [0.2, 0.25) is 0 Å². The van der Waals surface area contributed by atoms with E-state index in [1.807, 2.05) is 22.6 Å². The summed E-state index contributed by atoms with van der Waals surface area (Å²) in [5.74, 6) is -0.472. The highest BCUT2D eigenvalue weighted by molar-refractivity contribution is 14.1. The number of carbonyl (C=O) groups excluding carboxylic acids is 1. The Balaban J connectivity index is 2.02. The summed E-state index contributed by atoms with van der Waals surface area (Å²) in [6.07, 6.45) is 0. The van der Waals surface area contributed by atoms with E-state index in [4.69, 9.17) is 4.74 Å². The molecule has 1 unspecified atom stereocenters. The van der Waals surface area contributed by atoms with Crippen LogP contribution in [0.4, 0.5) is 10.1 Å². The molecule has 1 aliphatic heterocycles. The Labute approximate surface area is 112 Å². The fraction of sp³-hybridized carbons (Fsp3) is 0.364. The van der Waals surface area contributed by atoms with Crippen LogP contribution >= 0.6 is 22.6 Å². The number of hydrogen-bond donors (Lipinski definition) is 2. The number of rotatable bonds is 2.